The van der Waals surface area contributed by atoms with Gasteiger partial charge in [0.15, 0.2) is 0 Å². The molecule has 92 valence electrons. The van der Waals surface area contributed by atoms with Gasteiger partial charge in [-0.15, -0.1) is 6.58 Å². The maximum atomic E-state index is 6.98. The van der Waals surface area contributed by atoms with Crippen LogP contribution in [0.1, 0.15) is 5.56 Å². The molecular weight excluding hydrogens is 214 g/mol. The van der Waals surface area contributed by atoms with Gasteiger partial charge in [-0.05, 0) is 19.2 Å². The van der Waals surface area contributed by atoms with E-state index in [4.69, 9.17) is 16.9 Å². The van der Waals surface area contributed by atoms with Crippen molar-refractivity contribution in [2.75, 3.05) is 13.6 Å². The summed E-state index contributed by atoms with van der Waals surface area (Å²) in [6, 6.07) is 3.52. The number of pyridine rings is 1. The van der Waals surface area contributed by atoms with E-state index in [1.54, 1.807) is 24.5 Å². The Morgan fingerprint density at radius 2 is 2.06 bits per heavy atom. The fraction of sp³-hybridized carbons (Fsp3) is 0.167. The minimum Gasteiger partial charge on any atom is -0.398 e. The molecule has 0 radical (unpaired) electrons. The lowest BCUT2D eigenvalue weighted by molar-refractivity contribution is 0.921. The summed E-state index contributed by atoms with van der Waals surface area (Å²) in [5.41, 5.74) is 12.0. The Hall–Kier alpha value is -2.14. The second kappa shape index (κ2) is 9.11. The van der Waals surface area contributed by atoms with Gasteiger partial charge in [0, 0.05) is 36.3 Å². The Kier molecular flexibility index (Phi) is 7.97. The predicted molar refractivity (Wildman–Crippen MR) is 72.4 cm³/mol. The minimum atomic E-state index is -0.0516. The van der Waals surface area contributed by atoms with Gasteiger partial charge in [0.25, 0.3) is 0 Å². The SMILES string of the molecule is C=CCNC.N=C(N)/C=C(\N)c1ccncc1. The highest BCUT2D eigenvalue weighted by molar-refractivity contribution is 5.95. The Morgan fingerprint density at radius 3 is 2.41 bits per heavy atom. The summed E-state index contributed by atoms with van der Waals surface area (Å²) in [5.74, 6) is -0.0516. The molecule has 17 heavy (non-hydrogen) atoms. The molecule has 5 heteroatoms. The van der Waals surface area contributed by atoms with Crippen molar-refractivity contribution in [3.8, 4) is 0 Å². The van der Waals surface area contributed by atoms with Gasteiger partial charge in [-0.2, -0.15) is 0 Å². The molecule has 5 nitrogen and oxygen atoms in total. The molecule has 0 fully saturated rings. The largest absolute Gasteiger partial charge is 0.398 e. The van der Waals surface area contributed by atoms with Crippen LogP contribution >= 0.6 is 0 Å². The second-order valence-electron chi connectivity index (χ2n) is 3.14. The maximum Gasteiger partial charge on any atom is 0.117 e. The van der Waals surface area contributed by atoms with Gasteiger partial charge >= 0.3 is 0 Å². The first-order chi connectivity index (χ1) is 8.11. The molecule has 0 atom stereocenters. The van der Waals surface area contributed by atoms with Crippen LogP contribution < -0.4 is 16.8 Å². The van der Waals surface area contributed by atoms with Gasteiger partial charge in [0.1, 0.15) is 5.84 Å². The van der Waals surface area contributed by atoms with E-state index < -0.39 is 0 Å². The molecule has 0 aliphatic heterocycles. The third kappa shape index (κ3) is 7.75. The number of likely N-dealkylation sites (N-methyl/N-ethyl adjacent to an activating group) is 1. The molecule has 1 rings (SSSR count). The van der Waals surface area contributed by atoms with Crippen molar-refractivity contribution in [2.24, 2.45) is 11.5 Å². The molecule has 0 aromatic carbocycles. The van der Waals surface area contributed by atoms with Gasteiger partial charge in [0.2, 0.25) is 0 Å². The van der Waals surface area contributed by atoms with Crippen LogP contribution in [0.5, 0.6) is 0 Å². The molecule has 6 N–H and O–H groups in total. The van der Waals surface area contributed by atoms with Crippen LogP contribution in [-0.2, 0) is 0 Å². The number of amidine groups is 1. The van der Waals surface area contributed by atoms with E-state index in [1.165, 1.54) is 6.08 Å². The molecule has 1 aromatic heterocycles. The van der Waals surface area contributed by atoms with Crippen molar-refractivity contribution >= 4 is 11.5 Å². The van der Waals surface area contributed by atoms with E-state index in [0.29, 0.717) is 5.70 Å². The van der Waals surface area contributed by atoms with Crippen LogP contribution in [-0.4, -0.2) is 24.4 Å². The average Bonchev–Trinajstić information content (AvgIpc) is 2.31. The lowest BCUT2D eigenvalue weighted by atomic mass is 10.2. The predicted octanol–water partition coefficient (Wildman–Crippen LogP) is 0.709. The number of aromatic nitrogens is 1. The highest BCUT2D eigenvalue weighted by Crippen LogP contribution is 2.05. The highest BCUT2D eigenvalue weighted by Gasteiger charge is 1.94. The number of nitrogens with two attached hydrogens (primary N) is 2. The minimum absolute atomic E-state index is 0.0516. The Labute approximate surface area is 102 Å². The van der Waals surface area contributed by atoms with Crippen LogP contribution in [0.25, 0.3) is 5.70 Å². The maximum absolute atomic E-state index is 6.98. The van der Waals surface area contributed by atoms with E-state index in [0.717, 1.165) is 12.1 Å². The van der Waals surface area contributed by atoms with Crippen molar-refractivity contribution in [3.05, 3.63) is 48.8 Å². The normalized spacial score (nSPS) is 10.1. The summed E-state index contributed by atoms with van der Waals surface area (Å²) in [4.78, 5) is 3.84. The second-order valence-corrected chi connectivity index (χ2v) is 3.14. The Bertz CT molecular complexity index is 370. The molecule has 0 aliphatic carbocycles. The number of hydrogen-bond acceptors (Lipinski definition) is 4. The van der Waals surface area contributed by atoms with E-state index >= 15 is 0 Å². The van der Waals surface area contributed by atoms with Gasteiger partial charge in [-0.1, -0.05) is 6.08 Å². The lowest BCUT2D eigenvalue weighted by Gasteiger charge is -1.98. The molecule has 0 aliphatic rings. The van der Waals surface area contributed by atoms with E-state index in [2.05, 4.69) is 16.9 Å². The lowest BCUT2D eigenvalue weighted by Crippen LogP contribution is -2.08. The third-order valence-electron chi connectivity index (χ3n) is 1.67. The summed E-state index contributed by atoms with van der Waals surface area (Å²) in [6.45, 7) is 4.39. The van der Waals surface area contributed by atoms with Gasteiger partial charge in [0.05, 0.1) is 0 Å². The molecule has 0 unspecified atom stereocenters. The molecule has 0 saturated heterocycles. The number of hydrogen-bond donors (Lipinski definition) is 4. The molecule has 0 spiro atoms. The van der Waals surface area contributed by atoms with Crippen molar-refractivity contribution in [1.82, 2.24) is 10.3 Å². The fourth-order valence-corrected chi connectivity index (χ4v) is 0.940. The van der Waals surface area contributed by atoms with Crippen LogP contribution in [0.2, 0.25) is 0 Å². The topological polar surface area (TPSA) is 101 Å². The number of rotatable bonds is 4. The van der Waals surface area contributed by atoms with Crippen LogP contribution in [0.3, 0.4) is 0 Å². The van der Waals surface area contributed by atoms with Crippen LogP contribution in [0.15, 0.2) is 43.3 Å². The Morgan fingerprint density at radius 1 is 1.47 bits per heavy atom. The first kappa shape index (κ1) is 14.9. The zero-order valence-electron chi connectivity index (χ0n) is 9.98. The van der Waals surface area contributed by atoms with E-state index in [1.807, 2.05) is 13.1 Å². The summed E-state index contributed by atoms with van der Waals surface area (Å²) >= 11 is 0. The molecule has 1 aromatic rings. The van der Waals surface area contributed by atoms with Gasteiger partial charge in [-0.3, -0.25) is 10.4 Å². The van der Waals surface area contributed by atoms with Crippen LogP contribution in [0, 0.1) is 5.41 Å². The van der Waals surface area contributed by atoms with Gasteiger partial charge in [-0.25, -0.2) is 0 Å². The smallest absolute Gasteiger partial charge is 0.117 e. The zero-order valence-corrected chi connectivity index (χ0v) is 9.98. The van der Waals surface area contributed by atoms with Crippen molar-refractivity contribution < 1.29 is 0 Å². The van der Waals surface area contributed by atoms with E-state index in [9.17, 15) is 0 Å². The molecule has 0 bridgehead atoms. The van der Waals surface area contributed by atoms with Crippen molar-refractivity contribution in [2.45, 2.75) is 0 Å². The highest BCUT2D eigenvalue weighted by atomic mass is 14.8. The Balaban J connectivity index is 0.000000437. The van der Waals surface area contributed by atoms with Crippen molar-refractivity contribution in [3.63, 3.8) is 0 Å². The molecule has 0 saturated carbocycles. The fourth-order valence-electron chi connectivity index (χ4n) is 0.940. The quantitative estimate of drug-likeness (QED) is 0.349. The summed E-state index contributed by atoms with van der Waals surface area (Å²) in [7, 11) is 1.89. The average molecular weight is 233 g/mol. The summed E-state index contributed by atoms with van der Waals surface area (Å²) < 4.78 is 0. The molecule has 0 amide bonds. The third-order valence-corrected chi connectivity index (χ3v) is 1.67. The summed E-state index contributed by atoms with van der Waals surface area (Å²) in [5, 5.41) is 9.88. The molecular formula is C12H19N5. The first-order valence-corrected chi connectivity index (χ1v) is 5.09. The number of nitrogens with one attached hydrogen (secondary N) is 2. The van der Waals surface area contributed by atoms with Crippen LogP contribution in [0.4, 0.5) is 0 Å². The monoisotopic (exact) mass is 233 g/mol. The molecule has 1 heterocycles. The van der Waals surface area contributed by atoms with Crippen molar-refractivity contribution in [1.29, 1.82) is 5.41 Å². The zero-order chi connectivity index (χ0) is 13.1. The number of nitrogens with zero attached hydrogens (tertiary/aromatic N) is 1. The van der Waals surface area contributed by atoms with E-state index in [-0.39, 0.29) is 5.84 Å². The van der Waals surface area contributed by atoms with Gasteiger partial charge < -0.3 is 16.8 Å². The first-order valence-electron chi connectivity index (χ1n) is 5.09. The standard InChI is InChI=1S/C8H10N4.C4H9N/c9-7(5-8(10)11)6-1-3-12-4-2-6;1-3-4-5-2/h1-5H,9H2,(H3,10,11);3,5H,1,4H2,2H3/b7-5-;. The summed E-state index contributed by atoms with van der Waals surface area (Å²) in [6.07, 6.45) is 6.49.